The molecule has 5 atom stereocenters. The fourth-order valence-electron chi connectivity index (χ4n) is 4.67. The Hall–Kier alpha value is -0.120. The van der Waals surface area contributed by atoms with E-state index >= 15 is 0 Å². The Morgan fingerprint density at radius 3 is 2.67 bits per heavy atom. The lowest BCUT2D eigenvalue weighted by molar-refractivity contribution is 0.0603. The average molecular weight is 296 g/mol. The van der Waals surface area contributed by atoms with Crippen molar-refractivity contribution < 1.29 is 5.11 Å². The summed E-state index contributed by atoms with van der Waals surface area (Å²) in [6.45, 7) is 10.8. The van der Waals surface area contributed by atoms with E-state index in [0.29, 0.717) is 18.7 Å². The zero-order chi connectivity index (χ0) is 15.2. The van der Waals surface area contributed by atoms with Crippen molar-refractivity contribution in [2.45, 2.75) is 71.4 Å². The molecular weight excluding hydrogens is 260 g/mol. The minimum atomic E-state index is 0.337. The highest BCUT2D eigenvalue weighted by Gasteiger charge is 2.35. The normalized spacial score (nSPS) is 39.1. The van der Waals surface area contributed by atoms with Crippen LogP contribution in [0.3, 0.4) is 0 Å². The van der Waals surface area contributed by atoms with Gasteiger partial charge in [0.05, 0.1) is 6.61 Å². The highest BCUT2D eigenvalue weighted by Crippen LogP contribution is 2.35. The van der Waals surface area contributed by atoms with E-state index in [1.807, 2.05) is 0 Å². The first-order chi connectivity index (χ1) is 10.2. The lowest BCUT2D eigenvalue weighted by Gasteiger charge is -2.43. The van der Waals surface area contributed by atoms with Gasteiger partial charge in [-0.3, -0.25) is 4.90 Å². The molecule has 0 bridgehead atoms. The standard InChI is InChI=1S/C18H36N2O/c1-4-19-18-11-14(2)10-15(3)17(18)12-20-9-7-5-6-8-16(20)13-21/h14-19,21H,4-13H2,1-3H3. The fourth-order valence-corrected chi connectivity index (χ4v) is 4.67. The monoisotopic (exact) mass is 296 g/mol. The molecule has 2 fully saturated rings. The van der Waals surface area contributed by atoms with Crippen LogP contribution in [0.1, 0.15) is 59.3 Å². The van der Waals surface area contributed by atoms with Gasteiger partial charge in [-0.1, -0.05) is 33.6 Å². The first-order valence-corrected chi connectivity index (χ1v) is 9.24. The molecule has 1 saturated carbocycles. The molecule has 0 aromatic heterocycles. The van der Waals surface area contributed by atoms with Crippen LogP contribution in [0.15, 0.2) is 0 Å². The topological polar surface area (TPSA) is 35.5 Å². The van der Waals surface area contributed by atoms with E-state index in [-0.39, 0.29) is 0 Å². The largest absolute Gasteiger partial charge is 0.395 e. The predicted molar refractivity (Wildman–Crippen MR) is 89.4 cm³/mol. The van der Waals surface area contributed by atoms with Crippen molar-refractivity contribution in [3.05, 3.63) is 0 Å². The van der Waals surface area contributed by atoms with Crippen molar-refractivity contribution in [2.75, 3.05) is 26.2 Å². The van der Waals surface area contributed by atoms with Crippen molar-refractivity contribution >= 4 is 0 Å². The van der Waals surface area contributed by atoms with Crippen LogP contribution in [0.2, 0.25) is 0 Å². The van der Waals surface area contributed by atoms with Crippen LogP contribution in [0.5, 0.6) is 0 Å². The first kappa shape index (κ1) is 17.2. The van der Waals surface area contributed by atoms with Gasteiger partial charge in [-0.15, -0.1) is 0 Å². The number of nitrogens with one attached hydrogen (secondary N) is 1. The second kappa shape index (κ2) is 8.50. The molecule has 124 valence electrons. The number of hydrogen-bond acceptors (Lipinski definition) is 3. The predicted octanol–water partition coefficient (Wildman–Crippen LogP) is 2.88. The molecule has 0 radical (unpaired) electrons. The summed E-state index contributed by atoms with van der Waals surface area (Å²) in [5, 5.41) is 13.5. The van der Waals surface area contributed by atoms with Gasteiger partial charge in [-0.05, 0) is 56.5 Å². The molecule has 1 aliphatic heterocycles. The number of likely N-dealkylation sites (tertiary alicyclic amines) is 1. The molecule has 0 aromatic rings. The first-order valence-electron chi connectivity index (χ1n) is 9.24. The van der Waals surface area contributed by atoms with E-state index < -0.39 is 0 Å². The van der Waals surface area contributed by atoms with E-state index in [0.717, 1.165) is 24.3 Å². The molecule has 2 aliphatic rings. The van der Waals surface area contributed by atoms with Crippen molar-refractivity contribution in [1.82, 2.24) is 10.2 Å². The van der Waals surface area contributed by atoms with Crippen LogP contribution < -0.4 is 5.32 Å². The molecule has 2 N–H and O–H groups in total. The summed E-state index contributed by atoms with van der Waals surface area (Å²) >= 11 is 0. The Bertz CT molecular complexity index is 297. The zero-order valence-electron chi connectivity index (χ0n) is 14.4. The van der Waals surface area contributed by atoms with E-state index in [9.17, 15) is 5.11 Å². The Labute approximate surface area is 131 Å². The van der Waals surface area contributed by atoms with Gasteiger partial charge in [0.25, 0.3) is 0 Å². The molecule has 0 spiro atoms. The molecule has 1 aliphatic carbocycles. The second-order valence-electron chi connectivity index (χ2n) is 7.56. The van der Waals surface area contributed by atoms with Crippen molar-refractivity contribution in [2.24, 2.45) is 17.8 Å². The summed E-state index contributed by atoms with van der Waals surface area (Å²) in [4.78, 5) is 2.61. The summed E-state index contributed by atoms with van der Waals surface area (Å²) in [5.74, 6) is 2.38. The van der Waals surface area contributed by atoms with E-state index in [4.69, 9.17) is 0 Å². The van der Waals surface area contributed by atoms with Crippen molar-refractivity contribution in [3.8, 4) is 0 Å². The Morgan fingerprint density at radius 1 is 1.14 bits per heavy atom. The summed E-state index contributed by atoms with van der Waals surface area (Å²) in [7, 11) is 0. The molecule has 2 rings (SSSR count). The average Bonchev–Trinajstić information content (AvgIpc) is 2.67. The highest BCUT2D eigenvalue weighted by atomic mass is 16.3. The Morgan fingerprint density at radius 2 is 1.95 bits per heavy atom. The maximum atomic E-state index is 9.74. The van der Waals surface area contributed by atoms with Crippen LogP contribution in [-0.4, -0.2) is 48.3 Å². The third kappa shape index (κ3) is 4.67. The van der Waals surface area contributed by atoms with Crippen LogP contribution in [-0.2, 0) is 0 Å². The summed E-state index contributed by atoms with van der Waals surface area (Å²) in [5.41, 5.74) is 0. The van der Waals surface area contributed by atoms with Crippen LogP contribution in [0.4, 0.5) is 0 Å². The summed E-state index contributed by atoms with van der Waals surface area (Å²) in [6, 6.07) is 1.07. The maximum Gasteiger partial charge on any atom is 0.0586 e. The molecule has 0 aromatic carbocycles. The quantitative estimate of drug-likeness (QED) is 0.819. The summed E-state index contributed by atoms with van der Waals surface area (Å²) < 4.78 is 0. The third-order valence-corrected chi connectivity index (χ3v) is 5.80. The van der Waals surface area contributed by atoms with E-state index in [1.54, 1.807) is 0 Å². The van der Waals surface area contributed by atoms with Gasteiger partial charge in [0.15, 0.2) is 0 Å². The lowest BCUT2D eigenvalue weighted by Crippen LogP contribution is -2.51. The summed E-state index contributed by atoms with van der Waals surface area (Å²) in [6.07, 6.45) is 7.79. The van der Waals surface area contributed by atoms with Gasteiger partial charge < -0.3 is 10.4 Å². The Balaban J connectivity index is 2.02. The minimum absolute atomic E-state index is 0.337. The van der Waals surface area contributed by atoms with Gasteiger partial charge in [0.1, 0.15) is 0 Å². The van der Waals surface area contributed by atoms with E-state index in [2.05, 4.69) is 31.0 Å². The van der Waals surface area contributed by atoms with Gasteiger partial charge in [0, 0.05) is 18.6 Å². The number of nitrogens with zero attached hydrogens (tertiary/aromatic N) is 1. The van der Waals surface area contributed by atoms with Gasteiger partial charge in [0.2, 0.25) is 0 Å². The third-order valence-electron chi connectivity index (χ3n) is 5.80. The lowest BCUT2D eigenvalue weighted by atomic mass is 9.72. The van der Waals surface area contributed by atoms with Crippen LogP contribution in [0.25, 0.3) is 0 Å². The SMILES string of the molecule is CCNC1CC(C)CC(C)C1CN1CCCCCC1CO. The van der Waals surface area contributed by atoms with Crippen LogP contribution >= 0.6 is 0 Å². The smallest absolute Gasteiger partial charge is 0.0586 e. The number of hydrogen-bond donors (Lipinski definition) is 2. The molecular formula is C18H36N2O. The highest BCUT2D eigenvalue weighted by molar-refractivity contribution is 4.90. The zero-order valence-corrected chi connectivity index (χ0v) is 14.4. The van der Waals surface area contributed by atoms with Crippen molar-refractivity contribution in [3.63, 3.8) is 0 Å². The molecule has 0 amide bonds. The van der Waals surface area contributed by atoms with Gasteiger partial charge >= 0.3 is 0 Å². The molecule has 5 unspecified atom stereocenters. The maximum absolute atomic E-state index is 9.74. The van der Waals surface area contributed by atoms with Crippen LogP contribution in [0, 0.1) is 17.8 Å². The molecule has 1 saturated heterocycles. The number of rotatable bonds is 5. The minimum Gasteiger partial charge on any atom is -0.395 e. The Kier molecular flexibility index (Phi) is 6.97. The fraction of sp³-hybridized carbons (Fsp3) is 1.00. The second-order valence-corrected chi connectivity index (χ2v) is 7.56. The molecule has 21 heavy (non-hydrogen) atoms. The number of aliphatic hydroxyl groups excluding tert-OH is 1. The van der Waals surface area contributed by atoms with Gasteiger partial charge in [-0.2, -0.15) is 0 Å². The molecule has 1 heterocycles. The molecule has 3 heteroatoms. The number of aliphatic hydroxyl groups is 1. The van der Waals surface area contributed by atoms with E-state index in [1.165, 1.54) is 51.6 Å². The van der Waals surface area contributed by atoms with Gasteiger partial charge in [-0.25, -0.2) is 0 Å². The molecule has 3 nitrogen and oxygen atoms in total. The van der Waals surface area contributed by atoms with Crippen molar-refractivity contribution in [1.29, 1.82) is 0 Å².